The van der Waals surface area contributed by atoms with Crippen LogP contribution in [-0.4, -0.2) is 9.78 Å². The summed E-state index contributed by atoms with van der Waals surface area (Å²) in [6, 6.07) is 0.165. The third-order valence-corrected chi connectivity index (χ3v) is 4.14. The first-order valence-electron chi connectivity index (χ1n) is 6.86. The third kappa shape index (κ3) is 3.56. The van der Waals surface area contributed by atoms with Crippen LogP contribution >= 0.6 is 15.9 Å². The smallest absolute Gasteiger partial charge is 0.0711 e. The van der Waals surface area contributed by atoms with E-state index in [-0.39, 0.29) is 6.04 Å². The van der Waals surface area contributed by atoms with E-state index in [1.165, 1.54) is 25.0 Å². The van der Waals surface area contributed by atoms with E-state index in [1.54, 1.807) is 0 Å². The molecule has 0 aliphatic heterocycles. The fraction of sp³-hybridized carbons (Fsp3) is 0.769. The summed E-state index contributed by atoms with van der Waals surface area (Å²) in [5.41, 5.74) is 4.16. The first-order valence-corrected chi connectivity index (χ1v) is 7.66. The summed E-state index contributed by atoms with van der Waals surface area (Å²) in [7, 11) is 0. The second-order valence-corrected chi connectivity index (χ2v) is 5.50. The van der Waals surface area contributed by atoms with E-state index in [4.69, 9.17) is 5.84 Å². The van der Waals surface area contributed by atoms with Crippen LogP contribution in [0.1, 0.15) is 58.2 Å². The largest absolute Gasteiger partial charge is 0.271 e. The molecule has 0 amide bonds. The predicted octanol–water partition coefficient (Wildman–Crippen LogP) is 3.39. The van der Waals surface area contributed by atoms with Crippen molar-refractivity contribution in [1.29, 1.82) is 0 Å². The van der Waals surface area contributed by atoms with Gasteiger partial charge in [-0.2, -0.15) is 5.10 Å². The number of nitrogens with two attached hydrogens (primary N) is 1. The lowest BCUT2D eigenvalue weighted by atomic mass is 9.89. The fourth-order valence-corrected chi connectivity index (χ4v) is 2.99. The molecule has 1 rings (SSSR count). The molecule has 0 aliphatic carbocycles. The molecule has 3 N–H and O–H groups in total. The van der Waals surface area contributed by atoms with Crippen molar-refractivity contribution >= 4 is 15.9 Å². The minimum absolute atomic E-state index is 0.165. The molecule has 4 nitrogen and oxygen atoms in total. The van der Waals surface area contributed by atoms with Gasteiger partial charge in [0.25, 0.3) is 0 Å². The van der Waals surface area contributed by atoms with Crippen molar-refractivity contribution < 1.29 is 0 Å². The summed E-state index contributed by atoms with van der Waals surface area (Å²) >= 11 is 3.59. The van der Waals surface area contributed by atoms with Gasteiger partial charge in [0.15, 0.2) is 0 Å². The Morgan fingerprint density at radius 1 is 1.44 bits per heavy atom. The maximum atomic E-state index is 5.79. The van der Waals surface area contributed by atoms with E-state index in [2.05, 4.69) is 47.2 Å². The van der Waals surface area contributed by atoms with Gasteiger partial charge in [0.1, 0.15) is 0 Å². The normalized spacial score (nSPS) is 14.7. The third-order valence-electron chi connectivity index (χ3n) is 3.53. The average molecular weight is 317 g/mol. The molecule has 2 unspecified atom stereocenters. The van der Waals surface area contributed by atoms with Crippen molar-refractivity contribution in [2.75, 3.05) is 0 Å². The highest BCUT2D eigenvalue weighted by molar-refractivity contribution is 9.10. The van der Waals surface area contributed by atoms with E-state index in [1.807, 2.05) is 10.9 Å². The molecule has 104 valence electrons. The molecule has 5 heteroatoms. The van der Waals surface area contributed by atoms with Gasteiger partial charge in [-0.15, -0.1) is 0 Å². The zero-order valence-corrected chi connectivity index (χ0v) is 13.2. The second kappa shape index (κ2) is 7.92. The zero-order valence-electron chi connectivity index (χ0n) is 11.6. The van der Waals surface area contributed by atoms with Crippen molar-refractivity contribution in [3.05, 3.63) is 16.4 Å². The number of hydrogen-bond acceptors (Lipinski definition) is 3. The van der Waals surface area contributed by atoms with Crippen molar-refractivity contribution in [3.8, 4) is 0 Å². The monoisotopic (exact) mass is 316 g/mol. The van der Waals surface area contributed by atoms with Crippen LogP contribution in [0.25, 0.3) is 0 Å². The van der Waals surface area contributed by atoms with Crippen LogP contribution in [0.15, 0.2) is 10.7 Å². The maximum absolute atomic E-state index is 5.79. The number of aryl methyl sites for hydroxylation is 1. The highest BCUT2D eigenvalue weighted by Gasteiger charge is 2.25. The van der Waals surface area contributed by atoms with Crippen LogP contribution in [-0.2, 0) is 6.54 Å². The van der Waals surface area contributed by atoms with Crippen molar-refractivity contribution in [1.82, 2.24) is 15.2 Å². The Kier molecular flexibility index (Phi) is 6.89. The average Bonchev–Trinajstić information content (AvgIpc) is 2.76. The lowest BCUT2D eigenvalue weighted by Gasteiger charge is -2.26. The predicted molar refractivity (Wildman–Crippen MR) is 79.0 cm³/mol. The summed E-state index contributed by atoms with van der Waals surface area (Å²) in [6.07, 6.45) is 6.64. The number of aromatic nitrogens is 2. The number of hydrogen-bond donors (Lipinski definition) is 2. The van der Waals surface area contributed by atoms with E-state index >= 15 is 0 Å². The molecule has 0 aromatic carbocycles. The molecular formula is C13H25BrN4. The number of unbranched alkanes of at least 4 members (excludes halogenated alkanes) is 1. The van der Waals surface area contributed by atoms with Crippen LogP contribution < -0.4 is 11.3 Å². The van der Waals surface area contributed by atoms with Crippen LogP contribution in [0.4, 0.5) is 0 Å². The van der Waals surface area contributed by atoms with Gasteiger partial charge in [0.05, 0.1) is 22.4 Å². The Morgan fingerprint density at radius 3 is 2.67 bits per heavy atom. The minimum Gasteiger partial charge on any atom is -0.271 e. The van der Waals surface area contributed by atoms with Gasteiger partial charge in [0, 0.05) is 6.54 Å². The second-order valence-electron chi connectivity index (χ2n) is 4.65. The Hall–Kier alpha value is -0.390. The molecule has 0 bridgehead atoms. The number of halogens is 1. The van der Waals surface area contributed by atoms with Crippen LogP contribution in [0, 0.1) is 5.92 Å². The fourth-order valence-electron chi connectivity index (χ4n) is 2.44. The summed E-state index contributed by atoms with van der Waals surface area (Å²) in [6.45, 7) is 7.42. The molecular weight excluding hydrogens is 292 g/mol. The van der Waals surface area contributed by atoms with Crippen LogP contribution in [0.2, 0.25) is 0 Å². The summed E-state index contributed by atoms with van der Waals surface area (Å²) in [5.74, 6) is 6.34. The Labute approximate surface area is 118 Å². The number of rotatable bonds is 8. The minimum atomic E-state index is 0.165. The highest BCUT2D eigenvalue weighted by Crippen LogP contribution is 2.32. The quantitative estimate of drug-likeness (QED) is 0.571. The van der Waals surface area contributed by atoms with E-state index in [9.17, 15) is 0 Å². The SMILES string of the molecule is CCCCC(CC)C(NN)c1c(Br)cnn1CC. The molecule has 1 heterocycles. The van der Waals surface area contributed by atoms with E-state index < -0.39 is 0 Å². The molecule has 2 atom stereocenters. The van der Waals surface area contributed by atoms with Crippen LogP contribution in [0.3, 0.4) is 0 Å². The standard InChI is InChI=1S/C13H25BrN4/c1-4-7-8-10(5-2)12(17-15)13-11(14)9-16-18(13)6-3/h9-10,12,17H,4-8,15H2,1-3H3. The van der Waals surface area contributed by atoms with Gasteiger partial charge in [-0.1, -0.05) is 33.1 Å². The Morgan fingerprint density at radius 2 is 2.17 bits per heavy atom. The van der Waals surface area contributed by atoms with Crippen molar-refractivity contribution in [2.45, 2.75) is 59.0 Å². The van der Waals surface area contributed by atoms with Gasteiger partial charge in [0.2, 0.25) is 0 Å². The molecule has 0 spiro atoms. The Balaban J connectivity index is 2.95. The van der Waals surface area contributed by atoms with Gasteiger partial charge >= 0.3 is 0 Å². The molecule has 18 heavy (non-hydrogen) atoms. The summed E-state index contributed by atoms with van der Waals surface area (Å²) in [4.78, 5) is 0. The lowest BCUT2D eigenvalue weighted by molar-refractivity contribution is 0.310. The Bertz CT molecular complexity index is 351. The molecule has 0 aliphatic rings. The molecule has 0 saturated carbocycles. The summed E-state index contributed by atoms with van der Waals surface area (Å²) < 4.78 is 3.06. The maximum Gasteiger partial charge on any atom is 0.0711 e. The van der Waals surface area contributed by atoms with Crippen molar-refractivity contribution in [2.24, 2.45) is 11.8 Å². The molecule has 0 fully saturated rings. The molecule has 1 aromatic rings. The van der Waals surface area contributed by atoms with E-state index in [0.29, 0.717) is 5.92 Å². The topological polar surface area (TPSA) is 55.9 Å². The lowest BCUT2D eigenvalue weighted by Crippen LogP contribution is -2.35. The van der Waals surface area contributed by atoms with Gasteiger partial charge in [-0.25, -0.2) is 0 Å². The molecule has 0 radical (unpaired) electrons. The van der Waals surface area contributed by atoms with E-state index in [0.717, 1.165) is 17.4 Å². The zero-order chi connectivity index (χ0) is 13.5. The molecule has 1 aromatic heterocycles. The van der Waals surface area contributed by atoms with Gasteiger partial charge in [-0.05, 0) is 35.2 Å². The number of nitrogens with zero attached hydrogens (tertiary/aromatic N) is 2. The molecule has 0 saturated heterocycles. The van der Waals surface area contributed by atoms with Gasteiger partial charge < -0.3 is 0 Å². The first-order chi connectivity index (χ1) is 8.69. The number of nitrogens with one attached hydrogen (secondary N) is 1. The highest BCUT2D eigenvalue weighted by atomic mass is 79.9. The van der Waals surface area contributed by atoms with Gasteiger partial charge in [-0.3, -0.25) is 16.0 Å². The number of hydrazine groups is 1. The first kappa shape index (κ1) is 15.7. The van der Waals surface area contributed by atoms with Crippen LogP contribution in [0.5, 0.6) is 0 Å². The summed E-state index contributed by atoms with van der Waals surface area (Å²) in [5, 5.41) is 4.37. The van der Waals surface area contributed by atoms with Crippen molar-refractivity contribution in [3.63, 3.8) is 0 Å².